The van der Waals surface area contributed by atoms with Gasteiger partial charge in [0.1, 0.15) is 1.41 Å². The van der Waals surface area contributed by atoms with Crippen LogP contribution in [0.3, 0.4) is 0 Å². The van der Waals surface area contributed by atoms with Crippen LogP contribution < -0.4 is 5.31 Å². The fourth-order valence-electron chi connectivity index (χ4n) is 1.02. The Morgan fingerprint density at radius 2 is 2.88 bits per heavy atom. The molecule has 8 heavy (non-hydrogen) atoms. The van der Waals surface area contributed by atoms with E-state index in [4.69, 9.17) is 6.15 Å². The van der Waals surface area contributed by atoms with Gasteiger partial charge in [0.05, 0.1) is 6.61 Å². The Morgan fingerprint density at radius 1 is 2.00 bits per heavy atom. The van der Waals surface area contributed by atoms with E-state index in [2.05, 4.69) is 0 Å². The minimum Gasteiger partial charge on any atom is -0.383 e. The highest BCUT2D eigenvalue weighted by Gasteiger charge is 2.11. The minimum absolute atomic E-state index is 0.356. The lowest BCUT2D eigenvalue weighted by Gasteiger charge is -2.05. The number of ether oxygens (including phenoxy) is 1. The number of hydrogen-bond donors (Lipinski definition) is 1. The molecule has 1 unspecified atom stereocenters. The average Bonchev–Trinajstić information content (AvgIpc) is 2.18. The lowest BCUT2D eigenvalue weighted by molar-refractivity contribution is 0.173. The quantitative estimate of drug-likeness (QED) is 0.563. The fraction of sp³-hybridized carbons (Fsp3) is 1.00. The predicted octanol–water partition coefficient (Wildman–Crippen LogP) is 0.385. The van der Waals surface area contributed by atoms with Gasteiger partial charge in [0, 0.05) is 13.2 Å². The largest absolute Gasteiger partial charge is 0.383 e. The Labute approximate surface area is 51.7 Å². The molecule has 2 nitrogen and oxygen atoms in total. The van der Waals surface area contributed by atoms with Crippen LogP contribution in [0.1, 0.15) is 12.8 Å². The van der Waals surface area contributed by atoms with Crippen molar-refractivity contribution in [3.8, 4) is 0 Å². The summed E-state index contributed by atoms with van der Waals surface area (Å²) in [7, 11) is 1.69. The molecule has 1 saturated heterocycles. The summed E-state index contributed by atoms with van der Waals surface area (Å²) >= 11 is 0. The zero-order valence-corrected chi connectivity index (χ0v) is 5.26. The molecule has 2 heteroatoms. The molecule has 0 radical (unpaired) electrons. The van der Waals surface area contributed by atoms with Crippen molar-refractivity contribution in [3.63, 3.8) is 0 Å². The zero-order valence-electron chi connectivity index (χ0n) is 6.26. The first-order valence-corrected chi connectivity index (χ1v) is 3.09. The molecule has 1 fully saturated rings. The molecule has 1 atom stereocenters. The Balaban J connectivity index is 2.22. The molecule has 1 rings (SSSR count). The highest BCUT2D eigenvalue weighted by atomic mass is 16.5. The van der Waals surface area contributed by atoms with Gasteiger partial charge in [0.2, 0.25) is 0 Å². The van der Waals surface area contributed by atoms with E-state index in [0.717, 1.165) is 19.4 Å². The molecular weight excluding hydrogens is 102 g/mol. The van der Waals surface area contributed by atoms with Gasteiger partial charge < -0.3 is 10.0 Å². The van der Waals surface area contributed by atoms with E-state index in [0.29, 0.717) is 12.6 Å². The van der Waals surface area contributed by atoms with E-state index in [1.54, 1.807) is 12.4 Å². The second-order valence-electron chi connectivity index (χ2n) is 2.16. The summed E-state index contributed by atoms with van der Waals surface area (Å²) in [4.78, 5) is 0. The van der Waals surface area contributed by atoms with Crippen LogP contribution in [-0.2, 0) is 4.74 Å². The molecule has 1 heterocycles. The van der Waals surface area contributed by atoms with Crippen molar-refractivity contribution in [2.75, 3.05) is 20.3 Å². The Kier molecular flexibility index (Phi) is 1.82. The van der Waals surface area contributed by atoms with Gasteiger partial charge >= 0.3 is 0 Å². The van der Waals surface area contributed by atoms with Crippen LogP contribution in [-0.4, -0.2) is 26.3 Å². The van der Waals surface area contributed by atoms with E-state index >= 15 is 0 Å². The summed E-state index contributed by atoms with van der Waals surface area (Å²) in [6.45, 7) is 1.62. The van der Waals surface area contributed by atoms with Crippen LogP contribution in [0.5, 0.6) is 0 Å². The van der Waals surface area contributed by atoms with E-state index in [1.165, 1.54) is 0 Å². The molecule has 0 spiro atoms. The van der Waals surface area contributed by atoms with Gasteiger partial charge in [0.15, 0.2) is 0 Å². The summed E-state index contributed by atoms with van der Waals surface area (Å²) in [5, 5.41) is 1.61. The topological polar surface area (TPSA) is 21.3 Å². The first-order chi connectivity index (χ1) is 4.34. The van der Waals surface area contributed by atoms with Gasteiger partial charge in [-0.15, -0.1) is 0 Å². The van der Waals surface area contributed by atoms with E-state index in [-0.39, 0.29) is 0 Å². The van der Waals surface area contributed by atoms with Crippen LogP contribution in [0.15, 0.2) is 0 Å². The normalized spacial score (nSPS) is 33.1. The molecule has 48 valence electrons. The third-order valence-electron chi connectivity index (χ3n) is 1.44. The van der Waals surface area contributed by atoms with Crippen molar-refractivity contribution >= 4 is 0 Å². The van der Waals surface area contributed by atoms with Crippen LogP contribution in [0.2, 0.25) is 1.41 Å². The first kappa shape index (κ1) is 4.77. The monoisotopic (exact) mass is 116 g/mol. The van der Waals surface area contributed by atoms with Crippen molar-refractivity contribution in [3.05, 3.63) is 0 Å². The maximum absolute atomic E-state index is 7.35. The van der Waals surface area contributed by atoms with Gasteiger partial charge in [0.25, 0.3) is 0 Å². The average molecular weight is 116 g/mol. The van der Waals surface area contributed by atoms with Gasteiger partial charge in [-0.1, -0.05) is 0 Å². The molecule has 1 N–H and O–H groups in total. The van der Waals surface area contributed by atoms with E-state index in [9.17, 15) is 0 Å². The van der Waals surface area contributed by atoms with Crippen molar-refractivity contribution in [2.24, 2.45) is 0 Å². The highest BCUT2D eigenvalue weighted by molar-refractivity contribution is 4.72. The van der Waals surface area contributed by atoms with Crippen LogP contribution in [0.4, 0.5) is 0 Å². The number of methoxy groups -OCH3 is 1. The maximum atomic E-state index is 7.35. The number of rotatable bonds is 2. The first-order valence-electron chi connectivity index (χ1n) is 3.54. The molecule has 0 bridgehead atoms. The third kappa shape index (κ3) is 1.46. The molecule has 1 aliphatic heterocycles. The van der Waals surface area contributed by atoms with Gasteiger partial charge in [-0.25, -0.2) is 0 Å². The summed E-state index contributed by atoms with van der Waals surface area (Å²) in [5.41, 5.74) is 0. The number of nitrogens with one attached hydrogen (secondary N) is 1. The summed E-state index contributed by atoms with van der Waals surface area (Å²) in [6.07, 6.45) is 2.27. The third-order valence-corrected chi connectivity index (χ3v) is 1.44. The number of hydrogen-bond acceptors (Lipinski definition) is 2. The molecule has 1 aliphatic rings. The smallest absolute Gasteiger partial charge is 0.123 e. The van der Waals surface area contributed by atoms with Gasteiger partial charge in [-0.3, -0.25) is 0 Å². The summed E-state index contributed by atoms with van der Waals surface area (Å²) < 4.78 is 12.3. The molecule has 0 amide bonds. The minimum atomic E-state index is 0.356. The van der Waals surface area contributed by atoms with Crippen LogP contribution in [0, 0.1) is 0 Å². The maximum Gasteiger partial charge on any atom is 0.123 e. The lowest BCUT2D eigenvalue weighted by Crippen LogP contribution is -2.25. The Bertz CT molecular complexity index is 89.1. The van der Waals surface area contributed by atoms with Gasteiger partial charge in [-0.2, -0.15) is 0 Å². The zero-order chi connectivity index (χ0) is 6.69. The van der Waals surface area contributed by atoms with Gasteiger partial charge in [-0.05, 0) is 19.4 Å². The van der Waals surface area contributed by atoms with E-state index in [1.807, 2.05) is 0 Å². The van der Waals surface area contributed by atoms with Crippen molar-refractivity contribution in [1.82, 2.24) is 5.31 Å². The van der Waals surface area contributed by atoms with Crippen molar-refractivity contribution in [1.29, 1.82) is 0 Å². The molecular formula is C6H13NO. The van der Waals surface area contributed by atoms with E-state index < -0.39 is 0 Å². The second kappa shape index (κ2) is 3.05. The van der Waals surface area contributed by atoms with Crippen molar-refractivity contribution < 1.29 is 6.15 Å². The van der Waals surface area contributed by atoms with Crippen LogP contribution >= 0.6 is 0 Å². The molecule has 0 saturated carbocycles. The lowest BCUT2D eigenvalue weighted by atomic mass is 10.2. The predicted molar refractivity (Wildman–Crippen MR) is 32.9 cm³/mol. The molecule has 0 aliphatic carbocycles. The van der Waals surface area contributed by atoms with Crippen molar-refractivity contribution in [2.45, 2.75) is 18.9 Å². The van der Waals surface area contributed by atoms with Crippen LogP contribution in [0.25, 0.3) is 0 Å². The SMILES string of the molecule is [2H]N1CCCC1COC. The molecule has 0 aromatic rings. The summed E-state index contributed by atoms with van der Waals surface area (Å²) in [5.74, 6) is 0. The molecule has 0 aromatic carbocycles. The Hall–Kier alpha value is -0.0800. The summed E-state index contributed by atoms with van der Waals surface area (Å²) in [6, 6.07) is 0.356. The fourth-order valence-corrected chi connectivity index (χ4v) is 1.02. The Morgan fingerprint density at radius 3 is 3.38 bits per heavy atom. The second-order valence-corrected chi connectivity index (χ2v) is 2.16. The molecule has 0 aromatic heterocycles. The highest BCUT2D eigenvalue weighted by Crippen LogP contribution is 2.03. The standard InChI is InChI=1S/C6H13NO/c1-8-5-6-3-2-4-7-6/h6-7H,2-5H2,1H3/i/hD.